The Labute approximate surface area is 96.9 Å². The third-order valence-electron chi connectivity index (χ3n) is 2.31. The van der Waals surface area contributed by atoms with Crippen LogP contribution in [-0.2, 0) is 0 Å². The highest BCUT2D eigenvalue weighted by Crippen LogP contribution is 2.19. The number of nitrogens with zero attached hydrogens (tertiary/aromatic N) is 2. The van der Waals surface area contributed by atoms with Gasteiger partial charge in [0.25, 0.3) is 0 Å². The summed E-state index contributed by atoms with van der Waals surface area (Å²) < 4.78 is 0. The van der Waals surface area contributed by atoms with Crippen LogP contribution in [0.4, 0.5) is 0 Å². The molecule has 0 saturated heterocycles. The molecule has 1 aliphatic heterocycles. The molecule has 1 rings (SSSR count). The van der Waals surface area contributed by atoms with Crippen LogP contribution in [0.15, 0.2) is 40.8 Å². The fraction of sp³-hybridized carbons (Fsp3) is 0.385. The van der Waals surface area contributed by atoms with Gasteiger partial charge in [0, 0.05) is 11.1 Å². The van der Waals surface area contributed by atoms with E-state index in [-0.39, 0.29) is 5.41 Å². The number of hydrogen-bond acceptors (Lipinski definition) is 3. The molecule has 0 aromatic carbocycles. The Morgan fingerprint density at radius 1 is 1.31 bits per heavy atom. The number of allylic oxidation sites excluding steroid dienone is 5. The number of nitrogens with one attached hydrogen (secondary N) is 1. The second-order valence-electron chi connectivity index (χ2n) is 4.46. The predicted octanol–water partition coefficient (Wildman–Crippen LogP) is 2.90. The summed E-state index contributed by atoms with van der Waals surface area (Å²) in [5.41, 5.74) is 2.04. The molecule has 0 fully saturated rings. The Morgan fingerprint density at radius 3 is 2.62 bits per heavy atom. The van der Waals surface area contributed by atoms with Crippen LogP contribution in [0.1, 0.15) is 27.7 Å². The van der Waals surface area contributed by atoms with E-state index in [9.17, 15) is 0 Å². The van der Waals surface area contributed by atoms with E-state index in [0.29, 0.717) is 11.4 Å². The molecule has 3 nitrogen and oxygen atoms in total. The van der Waals surface area contributed by atoms with Crippen molar-refractivity contribution in [2.24, 2.45) is 10.4 Å². The molecular formula is C13H17N3. The Morgan fingerprint density at radius 2 is 2.00 bits per heavy atom. The first-order valence-corrected chi connectivity index (χ1v) is 5.24. The van der Waals surface area contributed by atoms with Crippen molar-refractivity contribution in [2.75, 3.05) is 0 Å². The largest absolute Gasteiger partial charge is 0.352 e. The SMILES string of the molecule is CC1=NC(C)=C(C#N)N/C=C\C(C)(C)/C=C\1. The van der Waals surface area contributed by atoms with Crippen LogP contribution >= 0.6 is 0 Å². The van der Waals surface area contributed by atoms with E-state index in [4.69, 9.17) is 5.26 Å². The van der Waals surface area contributed by atoms with Crippen molar-refractivity contribution >= 4 is 5.71 Å². The summed E-state index contributed by atoms with van der Waals surface area (Å²) in [4.78, 5) is 4.35. The molecule has 0 aromatic heterocycles. The van der Waals surface area contributed by atoms with Crippen molar-refractivity contribution in [2.45, 2.75) is 27.7 Å². The average Bonchev–Trinajstić information content (AvgIpc) is 2.20. The van der Waals surface area contributed by atoms with Crippen LogP contribution in [-0.4, -0.2) is 5.71 Å². The van der Waals surface area contributed by atoms with Gasteiger partial charge in [0.2, 0.25) is 0 Å². The van der Waals surface area contributed by atoms with Crippen LogP contribution in [0.5, 0.6) is 0 Å². The molecular weight excluding hydrogens is 198 g/mol. The smallest absolute Gasteiger partial charge is 0.139 e. The van der Waals surface area contributed by atoms with Gasteiger partial charge in [0.1, 0.15) is 11.8 Å². The lowest BCUT2D eigenvalue weighted by Crippen LogP contribution is -2.11. The van der Waals surface area contributed by atoms with Crippen LogP contribution < -0.4 is 5.32 Å². The molecule has 1 heterocycles. The standard InChI is InChI=1S/C13H17N3/c1-10-5-6-13(3,4)7-8-15-12(9-14)11(2)16-10/h5-8,15H,1-4H3/b6-5-,8-7-,12-11?,16-10?. The zero-order valence-corrected chi connectivity index (χ0v) is 10.2. The first kappa shape index (κ1) is 12.3. The predicted molar refractivity (Wildman–Crippen MR) is 66.6 cm³/mol. The lowest BCUT2D eigenvalue weighted by Gasteiger charge is -2.15. The third-order valence-corrected chi connectivity index (χ3v) is 2.31. The molecule has 0 radical (unpaired) electrons. The first-order valence-electron chi connectivity index (χ1n) is 5.24. The van der Waals surface area contributed by atoms with Gasteiger partial charge in [0.05, 0.1) is 5.70 Å². The summed E-state index contributed by atoms with van der Waals surface area (Å²) in [5.74, 6) is 0. The van der Waals surface area contributed by atoms with E-state index in [1.807, 2.05) is 26.0 Å². The van der Waals surface area contributed by atoms with E-state index >= 15 is 0 Å². The van der Waals surface area contributed by atoms with Crippen molar-refractivity contribution in [1.29, 1.82) is 5.26 Å². The Kier molecular flexibility index (Phi) is 3.68. The molecule has 0 aliphatic carbocycles. The van der Waals surface area contributed by atoms with Crippen LogP contribution in [0.25, 0.3) is 0 Å². The highest BCUT2D eigenvalue weighted by atomic mass is 14.9. The maximum atomic E-state index is 8.97. The molecule has 0 unspecified atom stereocenters. The molecule has 1 N–H and O–H groups in total. The highest BCUT2D eigenvalue weighted by molar-refractivity contribution is 5.93. The number of hydrogen-bond donors (Lipinski definition) is 1. The second-order valence-corrected chi connectivity index (χ2v) is 4.46. The molecule has 16 heavy (non-hydrogen) atoms. The summed E-state index contributed by atoms with van der Waals surface area (Å²) in [6, 6.07) is 2.10. The van der Waals surface area contributed by atoms with Crippen molar-refractivity contribution in [3.8, 4) is 6.07 Å². The van der Waals surface area contributed by atoms with Gasteiger partial charge in [-0.15, -0.1) is 0 Å². The average molecular weight is 215 g/mol. The second kappa shape index (κ2) is 4.80. The highest BCUT2D eigenvalue weighted by Gasteiger charge is 2.10. The number of nitriles is 1. The summed E-state index contributed by atoms with van der Waals surface area (Å²) in [7, 11) is 0. The normalized spacial score (nSPS) is 23.8. The van der Waals surface area contributed by atoms with Crippen molar-refractivity contribution in [3.63, 3.8) is 0 Å². The zero-order valence-electron chi connectivity index (χ0n) is 10.2. The van der Waals surface area contributed by atoms with Crippen LogP contribution in [0, 0.1) is 16.7 Å². The van der Waals surface area contributed by atoms with E-state index in [0.717, 1.165) is 5.71 Å². The summed E-state index contributed by atoms with van der Waals surface area (Å²) in [6.45, 7) is 7.94. The Balaban J connectivity index is 3.18. The number of rotatable bonds is 0. The molecule has 84 valence electrons. The Hall–Kier alpha value is -1.82. The minimum atomic E-state index is -0.0460. The van der Waals surface area contributed by atoms with Crippen LogP contribution in [0.2, 0.25) is 0 Å². The summed E-state index contributed by atoms with van der Waals surface area (Å²) in [5, 5.41) is 11.9. The molecule has 0 bridgehead atoms. The third kappa shape index (κ3) is 3.39. The molecule has 0 amide bonds. The minimum Gasteiger partial charge on any atom is -0.352 e. The summed E-state index contributed by atoms with van der Waals surface area (Å²) in [6.07, 6.45) is 7.89. The molecule has 1 aliphatic rings. The van der Waals surface area contributed by atoms with Gasteiger partial charge in [-0.1, -0.05) is 26.0 Å². The first-order chi connectivity index (χ1) is 7.44. The quantitative estimate of drug-likeness (QED) is 0.675. The van der Waals surface area contributed by atoms with Gasteiger partial charge in [-0.25, -0.2) is 0 Å². The summed E-state index contributed by atoms with van der Waals surface area (Å²) >= 11 is 0. The molecule has 0 spiro atoms. The van der Waals surface area contributed by atoms with Crippen molar-refractivity contribution in [1.82, 2.24) is 5.32 Å². The monoisotopic (exact) mass is 215 g/mol. The van der Waals surface area contributed by atoms with E-state index in [2.05, 4.69) is 36.3 Å². The van der Waals surface area contributed by atoms with Gasteiger partial charge in [0.15, 0.2) is 0 Å². The van der Waals surface area contributed by atoms with Crippen molar-refractivity contribution < 1.29 is 0 Å². The van der Waals surface area contributed by atoms with Crippen LogP contribution in [0.3, 0.4) is 0 Å². The van der Waals surface area contributed by atoms with Gasteiger partial charge in [-0.3, -0.25) is 4.99 Å². The van der Waals surface area contributed by atoms with Crippen molar-refractivity contribution in [3.05, 3.63) is 35.8 Å². The fourth-order valence-electron chi connectivity index (χ4n) is 1.31. The maximum Gasteiger partial charge on any atom is 0.139 e. The molecule has 0 aromatic rings. The van der Waals surface area contributed by atoms with Gasteiger partial charge in [-0.2, -0.15) is 5.26 Å². The fourth-order valence-corrected chi connectivity index (χ4v) is 1.31. The molecule has 3 heteroatoms. The minimum absolute atomic E-state index is 0.0460. The van der Waals surface area contributed by atoms with Gasteiger partial charge < -0.3 is 5.32 Å². The van der Waals surface area contributed by atoms with Gasteiger partial charge >= 0.3 is 0 Å². The topological polar surface area (TPSA) is 48.2 Å². The van der Waals surface area contributed by atoms with Gasteiger partial charge in [-0.05, 0) is 26.1 Å². The molecule has 0 saturated carbocycles. The van der Waals surface area contributed by atoms with E-state index in [1.54, 1.807) is 6.20 Å². The zero-order chi connectivity index (χ0) is 12.2. The van der Waals surface area contributed by atoms with E-state index in [1.165, 1.54) is 0 Å². The number of aliphatic imine (C=N–C) groups is 1. The molecule has 0 atom stereocenters. The maximum absolute atomic E-state index is 8.97. The lowest BCUT2D eigenvalue weighted by molar-refractivity contribution is 0.622. The van der Waals surface area contributed by atoms with E-state index < -0.39 is 0 Å². The lowest BCUT2D eigenvalue weighted by atomic mass is 9.92. The Bertz CT molecular complexity index is 429.